The molecule has 0 aromatic heterocycles. The highest BCUT2D eigenvalue weighted by Crippen LogP contribution is 2.34. The summed E-state index contributed by atoms with van der Waals surface area (Å²) in [6.07, 6.45) is -0.447. The Bertz CT molecular complexity index is 1350. The first-order valence-corrected chi connectivity index (χ1v) is 11.7. The molecule has 4 rings (SSSR count). The summed E-state index contributed by atoms with van der Waals surface area (Å²) in [7, 11) is 0. The molecular weight excluding hydrogens is 508 g/mol. The second kappa shape index (κ2) is 10.3. The first-order chi connectivity index (χ1) is 17.4. The molecule has 10 heteroatoms. The Kier molecular flexibility index (Phi) is 7.27. The fraction of sp³-hybridized carbons (Fsp3) is 0.259. The summed E-state index contributed by atoms with van der Waals surface area (Å²) in [5.41, 5.74) is -1.21. The first-order valence-electron chi connectivity index (χ1n) is 11.3. The summed E-state index contributed by atoms with van der Waals surface area (Å²) in [6, 6.07) is 11.0. The minimum Gasteiger partial charge on any atom is -0.489 e. The fourth-order valence-electron chi connectivity index (χ4n) is 3.78. The van der Waals surface area contributed by atoms with E-state index in [2.05, 4.69) is 5.32 Å². The molecule has 0 fully saturated rings. The molecule has 1 aliphatic heterocycles. The number of anilines is 1. The van der Waals surface area contributed by atoms with E-state index in [1.807, 2.05) is 0 Å². The third kappa shape index (κ3) is 5.77. The highest BCUT2D eigenvalue weighted by Gasteiger charge is 2.30. The summed E-state index contributed by atoms with van der Waals surface area (Å²) in [5, 5.41) is 12.4. The third-order valence-electron chi connectivity index (χ3n) is 5.96. The van der Waals surface area contributed by atoms with Gasteiger partial charge in [0.25, 0.3) is 5.91 Å². The normalized spacial score (nSPS) is 14.7. The molecule has 0 unspecified atom stereocenters. The van der Waals surface area contributed by atoms with Crippen LogP contribution in [-0.2, 0) is 10.2 Å². The number of hydrogen-bond donors (Lipinski definition) is 2. The number of aryl methyl sites for hydroxylation is 1. The average Bonchev–Trinajstić information content (AvgIpc) is 2.81. The van der Waals surface area contributed by atoms with Crippen LogP contribution in [0.25, 0.3) is 0 Å². The van der Waals surface area contributed by atoms with Crippen molar-refractivity contribution in [1.82, 2.24) is 0 Å². The number of carbonyl (C=O) groups is 2. The molecule has 0 bridgehead atoms. The zero-order valence-electron chi connectivity index (χ0n) is 20.2. The molecule has 0 spiro atoms. The highest BCUT2D eigenvalue weighted by atomic mass is 35.5. The van der Waals surface area contributed by atoms with E-state index in [9.17, 15) is 23.5 Å². The fourth-order valence-corrected chi connectivity index (χ4v) is 3.95. The van der Waals surface area contributed by atoms with Crippen LogP contribution >= 0.6 is 11.6 Å². The third-order valence-corrected chi connectivity index (χ3v) is 6.20. The van der Waals surface area contributed by atoms with Gasteiger partial charge in [0.15, 0.2) is 17.6 Å². The van der Waals surface area contributed by atoms with Gasteiger partial charge in [0, 0.05) is 22.8 Å². The lowest BCUT2D eigenvalue weighted by molar-refractivity contribution is -0.142. The number of amides is 1. The van der Waals surface area contributed by atoms with Crippen molar-refractivity contribution in [3.63, 3.8) is 0 Å². The zero-order valence-corrected chi connectivity index (χ0v) is 21.0. The zero-order chi connectivity index (χ0) is 26.9. The van der Waals surface area contributed by atoms with Crippen molar-refractivity contribution in [2.75, 3.05) is 18.5 Å². The summed E-state index contributed by atoms with van der Waals surface area (Å²) in [4.78, 5) is 24.4. The molecule has 0 saturated heterocycles. The van der Waals surface area contributed by atoms with E-state index in [1.165, 1.54) is 32.9 Å². The Hall–Kier alpha value is -3.85. The van der Waals surface area contributed by atoms with Gasteiger partial charge in [-0.05, 0) is 68.3 Å². The average molecular weight is 532 g/mol. The van der Waals surface area contributed by atoms with Crippen molar-refractivity contribution in [2.24, 2.45) is 0 Å². The molecule has 0 radical (unpaired) electrons. The molecule has 3 aromatic rings. The minimum absolute atomic E-state index is 0.00414. The maximum Gasteiger partial charge on any atom is 0.313 e. The monoisotopic (exact) mass is 531 g/mol. The number of aliphatic carboxylic acids is 1. The van der Waals surface area contributed by atoms with E-state index in [0.717, 1.165) is 18.2 Å². The Morgan fingerprint density at radius 1 is 1.14 bits per heavy atom. The van der Waals surface area contributed by atoms with Gasteiger partial charge in [-0.3, -0.25) is 9.59 Å². The lowest BCUT2D eigenvalue weighted by Gasteiger charge is -2.26. The van der Waals surface area contributed by atoms with Crippen LogP contribution in [0.3, 0.4) is 0 Å². The summed E-state index contributed by atoms with van der Waals surface area (Å²) in [6.45, 7) is 4.64. The number of carboxylic acid groups (broad SMARTS) is 1. The molecule has 0 saturated carbocycles. The lowest BCUT2D eigenvalue weighted by Crippen LogP contribution is -2.34. The molecule has 1 heterocycles. The van der Waals surface area contributed by atoms with Crippen LogP contribution in [0.4, 0.5) is 14.5 Å². The van der Waals surface area contributed by atoms with E-state index in [-0.39, 0.29) is 41.3 Å². The van der Waals surface area contributed by atoms with Crippen molar-refractivity contribution < 1.29 is 37.7 Å². The number of fused-ring (bicyclic) bond motifs is 1. The molecule has 194 valence electrons. The molecule has 0 aliphatic carbocycles. The smallest absolute Gasteiger partial charge is 0.313 e. The van der Waals surface area contributed by atoms with Gasteiger partial charge >= 0.3 is 5.97 Å². The summed E-state index contributed by atoms with van der Waals surface area (Å²) >= 11 is 5.94. The highest BCUT2D eigenvalue weighted by molar-refractivity contribution is 6.30. The number of halogens is 3. The predicted molar refractivity (Wildman–Crippen MR) is 133 cm³/mol. The van der Waals surface area contributed by atoms with Crippen LogP contribution in [-0.4, -0.2) is 36.3 Å². The largest absolute Gasteiger partial charge is 0.489 e. The Balaban J connectivity index is 1.45. The quantitative estimate of drug-likeness (QED) is 0.402. The van der Waals surface area contributed by atoms with E-state index in [1.54, 1.807) is 18.2 Å². The second-order valence-electron chi connectivity index (χ2n) is 9.16. The van der Waals surface area contributed by atoms with E-state index >= 15 is 0 Å². The van der Waals surface area contributed by atoms with Crippen molar-refractivity contribution >= 4 is 29.2 Å². The number of carboxylic acids is 1. The van der Waals surface area contributed by atoms with Gasteiger partial charge in [-0.1, -0.05) is 11.6 Å². The molecular formula is C27H24ClF2NO6. The van der Waals surface area contributed by atoms with Gasteiger partial charge in [0.1, 0.15) is 30.6 Å². The van der Waals surface area contributed by atoms with E-state index in [4.69, 9.17) is 25.8 Å². The molecule has 2 N–H and O–H groups in total. The summed E-state index contributed by atoms with van der Waals surface area (Å²) in [5.74, 6) is -2.31. The number of rotatable bonds is 7. The Morgan fingerprint density at radius 2 is 1.89 bits per heavy atom. The van der Waals surface area contributed by atoms with E-state index < -0.39 is 35.0 Å². The van der Waals surface area contributed by atoms with Crippen LogP contribution < -0.4 is 19.5 Å². The Labute approximate surface area is 216 Å². The molecule has 1 atom stereocenters. The number of benzene rings is 3. The SMILES string of the molecule is Cc1cc(OC[C@@H]2COc3cc(Cl)ccc3O2)cc(F)c1C(=O)Nc1cc(F)cc(C(C)(C)C(=O)O)c1. The van der Waals surface area contributed by atoms with Gasteiger partial charge < -0.3 is 24.6 Å². The van der Waals surface area contributed by atoms with Crippen LogP contribution in [0.2, 0.25) is 5.02 Å². The van der Waals surface area contributed by atoms with Crippen LogP contribution in [0, 0.1) is 18.6 Å². The molecule has 1 aliphatic rings. The van der Waals surface area contributed by atoms with Gasteiger partial charge in [0.2, 0.25) is 0 Å². The standard InChI is InChI=1S/C27H24ClF2NO6/c1-14-6-19(35-12-20-13-36-23-9-16(28)4-5-22(23)37-20)11-21(30)24(14)25(32)31-18-8-15(7-17(29)10-18)27(2,3)26(33)34/h4-11,20H,12-13H2,1-3H3,(H,31,32)(H,33,34)/t20-/m1/s1. The molecule has 37 heavy (non-hydrogen) atoms. The van der Waals surface area contributed by atoms with Gasteiger partial charge in [-0.2, -0.15) is 0 Å². The number of ether oxygens (including phenoxy) is 3. The summed E-state index contributed by atoms with van der Waals surface area (Å²) < 4.78 is 46.3. The predicted octanol–water partition coefficient (Wildman–Crippen LogP) is 5.76. The molecule has 7 nitrogen and oxygen atoms in total. The maximum absolute atomic E-state index is 15.0. The van der Waals surface area contributed by atoms with Crippen molar-refractivity contribution in [1.29, 1.82) is 0 Å². The van der Waals surface area contributed by atoms with Crippen LogP contribution in [0.15, 0.2) is 48.5 Å². The van der Waals surface area contributed by atoms with E-state index in [0.29, 0.717) is 16.5 Å². The molecule has 3 aromatic carbocycles. The number of nitrogens with one attached hydrogen (secondary N) is 1. The second-order valence-corrected chi connectivity index (χ2v) is 9.60. The van der Waals surface area contributed by atoms with Crippen molar-refractivity contribution in [3.8, 4) is 17.2 Å². The molecule has 1 amide bonds. The minimum atomic E-state index is -1.40. The van der Waals surface area contributed by atoms with Gasteiger partial charge in [-0.25, -0.2) is 8.78 Å². The van der Waals surface area contributed by atoms with Crippen molar-refractivity contribution in [3.05, 3.63) is 81.9 Å². The topological polar surface area (TPSA) is 94.1 Å². The lowest BCUT2D eigenvalue weighted by atomic mass is 9.84. The Morgan fingerprint density at radius 3 is 2.59 bits per heavy atom. The van der Waals surface area contributed by atoms with Gasteiger partial charge in [-0.15, -0.1) is 0 Å². The maximum atomic E-state index is 15.0. The van der Waals surface area contributed by atoms with Crippen LogP contribution in [0.5, 0.6) is 17.2 Å². The number of hydrogen-bond acceptors (Lipinski definition) is 5. The van der Waals surface area contributed by atoms with Gasteiger partial charge in [0.05, 0.1) is 11.0 Å². The van der Waals surface area contributed by atoms with Crippen LogP contribution in [0.1, 0.15) is 35.3 Å². The number of carbonyl (C=O) groups excluding carboxylic acids is 1. The van der Waals surface area contributed by atoms with Crippen molar-refractivity contribution in [2.45, 2.75) is 32.3 Å². The first kappa shape index (κ1) is 26.2.